The molecule has 4 rings (SSSR count). The monoisotopic (exact) mass is 894 g/mol. The Balaban J connectivity index is 1.16. The molecule has 2 aromatic rings. The van der Waals surface area contributed by atoms with E-state index in [1.165, 1.54) is 12.3 Å². The molecule has 2 N–H and O–H groups in total. The highest BCUT2D eigenvalue weighted by Crippen LogP contribution is 2.37. The van der Waals surface area contributed by atoms with Crippen LogP contribution in [-0.4, -0.2) is 94.7 Å². The van der Waals surface area contributed by atoms with Crippen LogP contribution >= 0.6 is 54.8 Å². The largest absolute Gasteiger partial charge is 0.480 e. The van der Waals surface area contributed by atoms with Crippen molar-refractivity contribution in [3.05, 3.63) is 33.2 Å². The van der Waals surface area contributed by atoms with Gasteiger partial charge in [-0.05, 0) is 78.1 Å². The molecule has 12 nitrogen and oxygen atoms in total. The number of piperidine rings is 2. The number of sulfone groups is 1. The molecule has 0 amide bonds. The fourth-order valence-corrected chi connectivity index (χ4v) is 12.7. The molecule has 3 atom stereocenters. The second-order valence-electron chi connectivity index (χ2n) is 12.5. The zero-order valence-electron chi connectivity index (χ0n) is 26.4. The van der Waals surface area contributed by atoms with E-state index in [1.807, 2.05) is 0 Å². The number of anilines is 1. The fourth-order valence-electron chi connectivity index (χ4n) is 6.06. The highest BCUT2D eigenvalue weighted by molar-refractivity contribution is 9.10. The predicted molar refractivity (Wildman–Crippen MR) is 195 cm³/mol. The third-order valence-electron chi connectivity index (χ3n) is 8.88. The van der Waals surface area contributed by atoms with Gasteiger partial charge in [-0.2, -0.15) is 9.03 Å². The van der Waals surface area contributed by atoms with Crippen LogP contribution in [0.5, 0.6) is 0 Å². The molecule has 2 saturated heterocycles. The van der Waals surface area contributed by atoms with Gasteiger partial charge in [0.15, 0.2) is 0 Å². The van der Waals surface area contributed by atoms with Gasteiger partial charge in [-0.25, -0.2) is 30.2 Å². The Morgan fingerprint density at radius 2 is 1.77 bits per heavy atom. The van der Waals surface area contributed by atoms with E-state index >= 15 is 0 Å². The number of carboxylic acids is 1. The molecule has 0 saturated carbocycles. The smallest absolute Gasteiger partial charge is 0.321 e. The molecule has 0 radical (unpaired) electrons. The van der Waals surface area contributed by atoms with Gasteiger partial charge in [0, 0.05) is 47.9 Å². The summed E-state index contributed by atoms with van der Waals surface area (Å²) in [6, 6.07) is 2.96. The van der Waals surface area contributed by atoms with Gasteiger partial charge in [0.2, 0.25) is 10.0 Å². The number of aliphatic carboxylic acids is 1. The molecule has 2 fully saturated rings. The maximum Gasteiger partial charge on any atom is 0.321 e. The van der Waals surface area contributed by atoms with Crippen LogP contribution in [0.4, 0.5) is 5.82 Å². The molecule has 2 aliphatic rings. The van der Waals surface area contributed by atoms with E-state index in [-0.39, 0.29) is 20.4 Å². The van der Waals surface area contributed by atoms with E-state index in [0.29, 0.717) is 46.1 Å². The van der Waals surface area contributed by atoms with E-state index in [9.17, 15) is 35.2 Å². The first-order chi connectivity index (χ1) is 22.5. The molecule has 0 aliphatic carbocycles. The molecule has 0 aromatic carbocycles. The lowest BCUT2D eigenvalue weighted by Gasteiger charge is -2.36. The number of alkyl halides is 1. The molecule has 0 bridgehead atoms. The maximum atomic E-state index is 13.0. The van der Waals surface area contributed by atoms with Crippen molar-refractivity contribution >= 4 is 96.5 Å². The van der Waals surface area contributed by atoms with Gasteiger partial charge in [0.25, 0.3) is 10.0 Å². The van der Waals surface area contributed by atoms with E-state index in [1.54, 1.807) is 16.4 Å². The third kappa shape index (κ3) is 11.1. The molecule has 48 heavy (non-hydrogen) atoms. The number of thiophene rings is 1. The zero-order chi connectivity index (χ0) is 35.3. The highest BCUT2D eigenvalue weighted by Gasteiger charge is 2.32. The van der Waals surface area contributed by atoms with Gasteiger partial charge < -0.3 is 10.0 Å². The number of unbranched alkanes of at least 4 members (excludes halogenated alkanes) is 2. The number of hydrogen-bond acceptors (Lipinski definition) is 10. The summed E-state index contributed by atoms with van der Waals surface area (Å²) in [5.74, 6) is -0.265. The van der Waals surface area contributed by atoms with Crippen molar-refractivity contribution in [3.63, 3.8) is 0 Å². The fraction of sp³-hybridized carbons (Fsp3) is 0.655. The Morgan fingerprint density at radius 3 is 2.33 bits per heavy atom. The van der Waals surface area contributed by atoms with Crippen molar-refractivity contribution in [1.82, 2.24) is 14.0 Å². The van der Waals surface area contributed by atoms with Gasteiger partial charge in [-0.1, -0.05) is 53.2 Å². The molecule has 270 valence electrons. The van der Waals surface area contributed by atoms with Crippen molar-refractivity contribution in [1.29, 1.82) is 0 Å². The first kappa shape index (κ1) is 39.9. The predicted octanol–water partition coefficient (Wildman–Crippen LogP) is 5.37. The number of aromatic nitrogens is 1. The SMILES string of the molecule is CS(=O)(=O)CCC(NS(=O)(=O)c1ccc(N2CCC(CCCCCC3CCN(S(=O)(=O)c4cc(Br)c(Cl)s4)CC3)C(Br)C2)nc1)C(=O)O. The first-order valence-electron chi connectivity index (χ1n) is 15.7. The lowest BCUT2D eigenvalue weighted by atomic mass is 9.89. The molecule has 0 spiro atoms. The molecule has 2 aromatic heterocycles. The molecule has 2 aliphatic heterocycles. The van der Waals surface area contributed by atoms with Gasteiger partial charge >= 0.3 is 5.97 Å². The first-order valence-corrected chi connectivity index (χ1v) is 23.6. The standard InChI is InChI=1S/C29H41Br2ClN4O8S4/c1-46(39,40)16-12-25(29(37)38)34-47(41,42)22-7-8-26(33-18-22)35-13-11-21(24(31)19-35)6-4-2-3-5-20-9-14-36(15-10-20)48(43,44)27-17-23(30)28(32)45-27/h7-8,17-18,20-21,24-25,34H,2-6,9-16,19H2,1H3,(H,37,38). The Labute approximate surface area is 309 Å². The summed E-state index contributed by atoms with van der Waals surface area (Å²) >= 11 is 14.3. The van der Waals surface area contributed by atoms with Crippen LogP contribution in [-0.2, 0) is 34.7 Å². The van der Waals surface area contributed by atoms with Crippen LogP contribution in [0, 0.1) is 11.8 Å². The number of nitrogens with one attached hydrogen (secondary N) is 1. The van der Waals surface area contributed by atoms with Crippen LogP contribution in [0.1, 0.15) is 57.8 Å². The summed E-state index contributed by atoms with van der Waals surface area (Å²) in [4.78, 5) is 18.0. The van der Waals surface area contributed by atoms with E-state index < -0.39 is 47.6 Å². The third-order valence-corrected chi connectivity index (χ3v) is 17.2. The maximum absolute atomic E-state index is 13.0. The number of hydrogen-bond donors (Lipinski definition) is 2. The average molecular weight is 897 g/mol. The minimum atomic E-state index is -4.23. The van der Waals surface area contributed by atoms with E-state index in [0.717, 1.165) is 75.5 Å². The van der Waals surface area contributed by atoms with Gasteiger partial charge in [-0.3, -0.25) is 4.79 Å². The minimum absolute atomic E-state index is 0.199. The van der Waals surface area contributed by atoms with Crippen molar-refractivity contribution in [3.8, 4) is 0 Å². The van der Waals surface area contributed by atoms with Crippen LogP contribution in [0.25, 0.3) is 0 Å². The lowest BCUT2D eigenvalue weighted by Crippen LogP contribution is -2.42. The topological polar surface area (TPSA) is 171 Å². The van der Waals surface area contributed by atoms with E-state index in [4.69, 9.17) is 11.6 Å². The number of nitrogens with zero attached hydrogens (tertiary/aromatic N) is 3. The Morgan fingerprint density at radius 1 is 1.08 bits per heavy atom. The Bertz CT molecular complexity index is 1720. The summed E-state index contributed by atoms with van der Waals surface area (Å²) in [6.45, 7) is 2.55. The van der Waals surface area contributed by atoms with Crippen LogP contribution in [0.3, 0.4) is 0 Å². The lowest BCUT2D eigenvalue weighted by molar-refractivity contribution is -0.139. The Hall–Kier alpha value is -0.860. The van der Waals surface area contributed by atoms with Crippen molar-refractivity contribution < 1.29 is 35.2 Å². The number of halogens is 3. The average Bonchev–Trinajstić information content (AvgIpc) is 3.38. The van der Waals surface area contributed by atoms with Crippen molar-refractivity contribution in [2.24, 2.45) is 11.8 Å². The minimum Gasteiger partial charge on any atom is -0.480 e. The number of pyridine rings is 1. The normalized spacial score (nSPS) is 21.0. The van der Waals surface area contributed by atoms with Gasteiger partial charge in [-0.15, -0.1) is 11.3 Å². The summed E-state index contributed by atoms with van der Waals surface area (Å²) in [5, 5.41) is 9.37. The quantitative estimate of drug-likeness (QED) is 0.165. The number of rotatable bonds is 16. The Kier molecular flexibility index (Phi) is 14.2. The van der Waals surface area contributed by atoms with Gasteiger partial charge in [0.05, 0.1) is 5.75 Å². The highest BCUT2D eigenvalue weighted by atomic mass is 79.9. The molecular formula is C29H41Br2ClN4O8S4. The molecule has 4 heterocycles. The second-order valence-corrected chi connectivity index (χ2v) is 22.3. The number of carboxylic acid groups (broad SMARTS) is 1. The number of carbonyl (C=O) groups is 1. The van der Waals surface area contributed by atoms with Crippen LogP contribution in [0.15, 0.2) is 38.0 Å². The zero-order valence-corrected chi connectivity index (χ0v) is 33.6. The summed E-state index contributed by atoms with van der Waals surface area (Å²) < 4.78 is 79.3. The van der Waals surface area contributed by atoms with E-state index in [2.05, 4.69) is 46.5 Å². The second kappa shape index (κ2) is 17.1. The summed E-state index contributed by atoms with van der Waals surface area (Å²) in [5.41, 5.74) is 0. The van der Waals surface area contributed by atoms with Crippen LogP contribution < -0.4 is 9.62 Å². The number of sulfonamides is 2. The van der Waals surface area contributed by atoms with Crippen LogP contribution in [0.2, 0.25) is 4.34 Å². The summed E-state index contributed by atoms with van der Waals surface area (Å²) in [7, 11) is -11.2. The van der Waals surface area contributed by atoms with Gasteiger partial charge in [0.1, 0.15) is 35.1 Å². The molecule has 19 heteroatoms. The summed E-state index contributed by atoms with van der Waals surface area (Å²) in [6.07, 6.45) is 10.0. The van der Waals surface area contributed by atoms with Crippen molar-refractivity contribution in [2.75, 3.05) is 43.1 Å². The molecular weight excluding hydrogens is 856 g/mol. The molecule has 3 unspecified atom stereocenters. The van der Waals surface area contributed by atoms with Crippen molar-refractivity contribution in [2.45, 2.75) is 77.8 Å².